The maximum atomic E-state index is 12.5. The van der Waals surface area contributed by atoms with Crippen molar-refractivity contribution >= 4 is 9.84 Å². The van der Waals surface area contributed by atoms with Gasteiger partial charge in [-0.25, -0.2) is 8.42 Å². The van der Waals surface area contributed by atoms with Gasteiger partial charge >= 0.3 is 0 Å². The van der Waals surface area contributed by atoms with Crippen LogP contribution in [0.1, 0.15) is 17.2 Å². The maximum Gasteiger partial charge on any atom is 0.202 e. The van der Waals surface area contributed by atoms with Crippen LogP contribution in [0.5, 0.6) is 0 Å². The molecular weight excluding hydrogens is 320 g/mol. The van der Waals surface area contributed by atoms with Crippen molar-refractivity contribution in [2.75, 3.05) is 5.94 Å². The minimum absolute atomic E-state index is 0.268. The predicted molar refractivity (Wildman–Crippen MR) is 94.3 cm³/mol. The van der Waals surface area contributed by atoms with Gasteiger partial charge in [0, 0.05) is 0 Å². The molecule has 0 bridgehead atoms. The zero-order valence-electron chi connectivity index (χ0n) is 13.1. The highest BCUT2D eigenvalue weighted by Crippen LogP contribution is 2.27. The van der Waals surface area contributed by atoms with Crippen LogP contribution in [0.3, 0.4) is 0 Å². The lowest BCUT2D eigenvalue weighted by Crippen LogP contribution is -2.14. The van der Waals surface area contributed by atoms with E-state index in [1.54, 1.807) is 30.3 Å². The van der Waals surface area contributed by atoms with Crippen molar-refractivity contribution in [3.63, 3.8) is 0 Å². The fourth-order valence-electron chi connectivity index (χ4n) is 2.49. The summed E-state index contributed by atoms with van der Waals surface area (Å²) in [5.41, 5.74) is 1.85. The van der Waals surface area contributed by atoms with Crippen LogP contribution in [0.15, 0.2) is 95.9 Å². The summed E-state index contributed by atoms with van der Waals surface area (Å²) in [5, 5.41) is 0. The molecule has 3 rings (SSSR count). The van der Waals surface area contributed by atoms with Gasteiger partial charge in [-0.3, -0.25) is 0 Å². The zero-order chi connectivity index (χ0) is 16.8. The summed E-state index contributed by atoms with van der Waals surface area (Å²) in [4.78, 5) is 0.268. The highest BCUT2D eigenvalue weighted by atomic mass is 32.2. The molecule has 122 valence electrons. The van der Waals surface area contributed by atoms with E-state index in [0.717, 1.165) is 11.1 Å². The van der Waals surface area contributed by atoms with Crippen LogP contribution in [0.2, 0.25) is 0 Å². The van der Waals surface area contributed by atoms with Crippen LogP contribution >= 0.6 is 0 Å². The summed E-state index contributed by atoms with van der Waals surface area (Å²) < 4.78 is 30.8. The summed E-state index contributed by atoms with van der Waals surface area (Å²) >= 11 is 0. The van der Waals surface area contributed by atoms with E-state index in [2.05, 4.69) is 0 Å². The van der Waals surface area contributed by atoms with Gasteiger partial charge in [0.1, 0.15) is 6.10 Å². The summed E-state index contributed by atoms with van der Waals surface area (Å²) in [6, 6.07) is 27.6. The van der Waals surface area contributed by atoms with E-state index < -0.39 is 15.9 Å². The van der Waals surface area contributed by atoms with Crippen molar-refractivity contribution < 1.29 is 13.2 Å². The standard InChI is InChI=1S/C20H18O3S/c21-24(22,19-14-8-3-9-15-19)16-23-20(17-10-4-1-5-11-17)18-12-6-2-7-13-18/h1-15,20H,16H2. The molecule has 0 atom stereocenters. The lowest BCUT2D eigenvalue weighted by molar-refractivity contribution is 0.117. The molecule has 0 unspecified atom stereocenters. The molecular formula is C20H18O3S. The quantitative estimate of drug-likeness (QED) is 0.676. The number of sulfone groups is 1. The summed E-state index contributed by atoms with van der Waals surface area (Å²) in [6.07, 6.45) is -0.425. The number of ether oxygens (including phenoxy) is 1. The SMILES string of the molecule is O=S(=O)(COC(c1ccccc1)c1ccccc1)c1ccccc1. The fourth-order valence-corrected chi connectivity index (χ4v) is 3.52. The van der Waals surface area contributed by atoms with Crippen LogP contribution < -0.4 is 0 Å². The molecule has 3 nitrogen and oxygen atoms in total. The Labute approximate surface area is 142 Å². The van der Waals surface area contributed by atoms with Crippen molar-refractivity contribution in [1.82, 2.24) is 0 Å². The predicted octanol–water partition coefficient (Wildman–Crippen LogP) is 4.22. The molecule has 0 N–H and O–H groups in total. The van der Waals surface area contributed by atoms with Gasteiger partial charge in [0.25, 0.3) is 0 Å². The van der Waals surface area contributed by atoms with Crippen LogP contribution in [0.25, 0.3) is 0 Å². The topological polar surface area (TPSA) is 43.4 Å². The van der Waals surface area contributed by atoms with Gasteiger partial charge in [0.05, 0.1) is 4.90 Å². The van der Waals surface area contributed by atoms with Gasteiger partial charge in [0.15, 0.2) is 5.94 Å². The Morgan fingerprint density at radius 3 is 1.54 bits per heavy atom. The third-order valence-corrected chi connectivity index (χ3v) is 5.13. The summed E-state index contributed by atoms with van der Waals surface area (Å²) in [5.74, 6) is -0.370. The summed E-state index contributed by atoms with van der Waals surface area (Å²) in [7, 11) is -3.49. The Hall–Kier alpha value is -2.43. The molecule has 0 aromatic heterocycles. The van der Waals surface area contributed by atoms with Gasteiger partial charge in [-0.05, 0) is 23.3 Å². The van der Waals surface area contributed by atoms with E-state index in [1.165, 1.54) is 0 Å². The molecule has 0 aliphatic heterocycles. The average Bonchev–Trinajstić information content (AvgIpc) is 2.64. The highest BCUT2D eigenvalue weighted by molar-refractivity contribution is 7.91. The molecule has 0 aliphatic rings. The van der Waals surface area contributed by atoms with E-state index in [0.29, 0.717) is 0 Å². The van der Waals surface area contributed by atoms with E-state index >= 15 is 0 Å². The molecule has 0 radical (unpaired) electrons. The van der Waals surface area contributed by atoms with E-state index in [4.69, 9.17) is 4.74 Å². The molecule has 0 amide bonds. The fraction of sp³-hybridized carbons (Fsp3) is 0.100. The number of hydrogen-bond acceptors (Lipinski definition) is 3. The highest BCUT2D eigenvalue weighted by Gasteiger charge is 2.20. The molecule has 0 heterocycles. The van der Waals surface area contributed by atoms with E-state index in [-0.39, 0.29) is 10.8 Å². The van der Waals surface area contributed by atoms with Crippen molar-refractivity contribution in [1.29, 1.82) is 0 Å². The Balaban J connectivity index is 1.86. The first-order valence-electron chi connectivity index (χ1n) is 7.66. The Morgan fingerprint density at radius 2 is 1.08 bits per heavy atom. The van der Waals surface area contributed by atoms with Crippen LogP contribution in [-0.4, -0.2) is 14.4 Å². The second-order valence-corrected chi connectivity index (χ2v) is 7.35. The normalized spacial score (nSPS) is 11.5. The first-order chi connectivity index (χ1) is 11.7. The zero-order valence-corrected chi connectivity index (χ0v) is 13.9. The molecule has 0 saturated carbocycles. The largest absolute Gasteiger partial charge is 0.353 e. The molecule has 24 heavy (non-hydrogen) atoms. The molecule has 0 fully saturated rings. The molecule has 3 aromatic carbocycles. The lowest BCUT2D eigenvalue weighted by atomic mass is 10.0. The number of hydrogen-bond donors (Lipinski definition) is 0. The van der Waals surface area contributed by atoms with Crippen LogP contribution in [0.4, 0.5) is 0 Å². The first kappa shape index (κ1) is 16.4. The molecule has 0 saturated heterocycles. The van der Waals surface area contributed by atoms with Gasteiger partial charge in [-0.2, -0.15) is 0 Å². The van der Waals surface area contributed by atoms with Gasteiger partial charge in [-0.15, -0.1) is 0 Å². The first-order valence-corrected chi connectivity index (χ1v) is 9.31. The van der Waals surface area contributed by atoms with Crippen molar-refractivity contribution in [2.45, 2.75) is 11.0 Å². The minimum atomic E-state index is -3.49. The van der Waals surface area contributed by atoms with Gasteiger partial charge in [0.2, 0.25) is 9.84 Å². The minimum Gasteiger partial charge on any atom is -0.353 e. The van der Waals surface area contributed by atoms with Crippen LogP contribution in [0, 0.1) is 0 Å². The van der Waals surface area contributed by atoms with E-state index in [1.807, 2.05) is 60.7 Å². The van der Waals surface area contributed by atoms with Crippen molar-refractivity contribution in [3.8, 4) is 0 Å². The summed E-state index contributed by atoms with van der Waals surface area (Å²) in [6.45, 7) is 0. The number of benzene rings is 3. The lowest BCUT2D eigenvalue weighted by Gasteiger charge is -2.19. The smallest absolute Gasteiger partial charge is 0.202 e. The van der Waals surface area contributed by atoms with Crippen molar-refractivity contribution in [2.24, 2.45) is 0 Å². The Kier molecular flexibility index (Phi) is 5.08. The van der Waals surface area contributed by atoms with Crippen LogP contribution in [-0.2, 0) is 14.6 Å². The van der Waals surface area contributed by atoms with E-state index in [9.17, 15) is 8.42 Å². The second-order valence-electron chi connectivity index (χ2n) is 5.41. The van der Waals surface area contributed by atoms with Crippen molar-refractivity contribution in [3.05, 3.63) is 102 Å². The Morgan fingerprint density at radius 1 is 0.667 bits per heavy atom. The third kappa shape index (κ3) is 3.91. The van der Waals surface area contributed by atoms with Gasteiger partial charge < -0.3 is 4.74 Å². The Bertz CT molecular complexity index is 821. The van der Waals surface area contributed by atoms with Gasteiger partial charge in [-0.1, -0.05) is 78.9 Å². The number of rotatable bonds is 6. The molecule has 4 heteroatoms. The maximum absolute atomic E-state index is 12.5. The molecule has 3 aromatic rings. The average molecular weight is 338 g/mol. The second kappa shape index (κ2) is 7.43. The third-order valence-electron chi connectivity index (χ3n) is 3.70. The monoisotopic (exact) mass is 338 g/mol. The molecule has 0 spiro atoms. The molecule has 0 aliphatic carbocycles.